The van der Waals surface area contributed by atoms with E-state index in [4.69, 9.17) is 5.73 Å². The lowest BCUT2D eigenvalue weighted by atomic mass is 9.82. The van der Waals surface area contributed by atoms with Crippen LogP contribution in [-0.2, 0) is 0 Å². The van der Waals surface area contributed by atoms with Crippen LogP contribution in [0.1, 0.15) is 13.8 Å². The molecule has 0 heterocycles. The van der Waals surface area contributed by atoms with Gasteiger partial charge in [-0.15, -0.1) is 0 Å². The predicted molar refractivity (Wildman–Crippen MR) is 216 cm³/mol. The van der Waals surface area contributed by atoms with E-state index in [-0.39, 0.29) is 0 Å². The average molecular weight is 643 g/mol. The molecule has 1 aliphatic carbocycles. The minimum atomic E-state index is 0.620. The van der Waals surface area contributed by atoms with Crippen LogP contribution in [0.25, 0.3) is 77.2 Å². The minimum absolute atomic E-state index is 0.620. The second-order valence-corrected chi connectivity index (χ2v) is 12.7. The molecule has 1 aliphatic rings. The van der Waals surface area contributed by atoms with E-state index in [0.29, 0.717) is 5.70 Å². The zero-order chi connectivity index (χ0) is 34.2. The van der Waals surface area contributed by atoms with Crippen molar-refractivity contribution in [2.45, 2.75) is 13.8 Å². The molecule has 50 heavy (non-hydrogen) atoms. The molecule has 0 spiro atoms. The van der Waals surface area contributed by atoms with Crippen molar-refractivity contribution in [3.8, 4) is 55.6 Å². The summed E-state index contributed by atoms with van der Waals surface area (Å²) in [4.78, 5) is 0. The smallest absolute Gasteiger partial charge is 0.0620 e. The van der Waals surface area contributed by atoms with E-state index in [0.717, 1.165) is 22.5 Å². The molecule has 3 N–H and O–H groups in total. The first-order valence-electron chi connectivity index (χ1n) is 17.2. The van der Waals surface area contributed by atoms with Gasteiger partial charge in [0.15, 0.2) is 0 Å². The quantitative estimate of drug-likeness (QED) is 0.162. The molecule has 0 aliphatic heterocycles. The Kier molecular flexibility index (Phi) is 7.98. The zero-order valence-electron chi connectivity index (χ0n) is 28.4. The Morgan fingerprint density at radius 2 is 1.02 bits per heavy atom. The summed E-state index contributed by atoms with van der Waals surface area (Å²) in [6.07, 6.45) is 7.83. The first kappa shape index (κ1) is 30.9. The zero-order valence-corrected chi connectivity index (χ0v) is 28.4. The molecule has 0 fully saturated rings. The molecular formula is C48H38N2. The third kappa shape index (κ3) is 5.14. The van der Waals surface area contributed by atoms with Crippen molar-refractivity contribution in [2.24, 2.45) is 5.73 Å². The third-order valence-corrected chi connectivity index (χ3v) is 9.73. The average Bonchev–Trinajstić information content (AvgIpc) is 3.49. The lowest BCUT2D eigenvalue weighted by Crippen LogP contribution is -2.09. The van der Waals surface area contributed by atoms with Crippen LogP contribution in [0.5, 0.6) is 0 Å². The number of rotatable bonds is 8. The maximum absolute atomic E-state index is 6.48. The Balaban J connectivity index is 1.32. The standard InChI is InChI=1S/C48H38N2/c1-4-15-31(3)48(49)42(16-5-2)50-35-27-25-32(26-28-35)36-29-30-41-45-37(36)23-14-24-40(45)46-43(33-17-8-6-9-18-33)38-21-12-13-22-39(38)44(47(41)46)34-19-10-7-11-20-34/h4-30,50H,3,49H2,1-2H3/b15-4-,16-5-,48-42+. The highest BCUT2D eigenvalue weighted by atomic mass is 14.9. The van der Waals surface area contributed by atoms with E-state index in [2.05, 4.69) is 151 Å². The summed E-state index contributed by atoms with van der Waals surface area (Å²) >= 11 is 0. The van der Waals surface area contributed by atoms with Crippen molar-refractivity contribution >= 4 is 27.2 Å². The van der Waals surface area contributed by atoms with Gasteiger partial charge in [0, 0.05) is 5.69 Å². The van der Waals surface area contributed by atoms with Crippen molar-refractivity contribution < 1.29 is 0 Å². The molecule has 0 saturated heterocycles. The lowest BCUT2D eigenvalue weighted by molar-refractivity contribution is 1.27. The van der Waals surface area contributed by atoms with Gasteiger partial charge in [-0.1, -0.05) is 152 Å². The lowest BCUT2D eigenvalue weighted by Gasteiger charge is -2.20. The molecule has 0 amide bonds. The topological polar surface area (TPSA) is 38.0 Å². The fraction of sp³-hybridized carbons (Fsp3) is 0.0417. The minimum Gasteiger partial charge on any atom is -0.397 e. The molecule has 2 nitrogen and oxygen atoms in total. The van der Waals surface area contributed by atoms with E-state index < -0.39 is 0 Å². The summed E-state index contributed by atoms with van der Waals surface area (Å²) in [5, 5.41) is 8.60. The number of nitrogens with two attached hydrogens (primary N) is 1. The van der Waals surface area contributed by atoms with Gasteiger partial charge in [0.25, 0.3) is 0 Å². The van der Waals surface area contributed by atoms with Crippen molar-refractivity contribution in [1.82, 2.24) is 0 Å². The summed E-state index contributed by atoms with van der Waals surface area (Å²) < 4.78 is 0. The van der Waals surface area contributed by atoms with E-state index in [9.17, 15) is 0 Å². The van der Waals surface area contributed by atoms with Crippen LogP contribution in [0, 0.1) is 0 Å². The van der Waals surface area contributed by atoms with Gasteiger partial charge < -0.3 is 11.1 Å². The molecule has 0 atom stereocenters. The van der Waals surface area contributed by atoms with Gasteiger partial charge in [-0.05, 0) is 115 Å². The molecule has 0 aromatic heterocycles. The van der Waals surface area contributed by atoms with Crippen molar-refractivity contribution in [3.63, 3.8) is 0 Å². The maximum atomic E-state index is 6.48. The van der Waals surface area contributed by atoms with Crippen LogP contribution >= 0.6 is 0 Å². The predicted octanol–water partition coefficient (Wildman–Crippen LogP) is 12.9. The number of allylic oxidation sites excluding steroid dienone is 4. The van der Waals surface area contributed by atoms with E-state index in [1.54, 1.807) is 0 Å². The van der Waals surface area contributed by atoms with Gasteiger partial charge in [0.05, 0.1) is 11.4 Å². The maximum Gasteiger partial charge on any atom is 0.0620 e. The molecule has 0 saturated carbocycles. The fourth-order valence-electron chi connectivity index (χ4n) is 7.58. The van der Waals surface area contributed by atoms with Crippen LogP contribution < -0.4 is 11.1 Å². The van der Waals surface area contributed by atoms with Crippen molar-refractivity contribution in [2.75, 3.05) is 5.32 Å². The van der Waals surface area contributed by atoms with Crippen LogP contribution in [0.15, 0.2) is 187 Å². The SMILES string of the molecule is C=C(/C=C\C)/C(N)=C(/C=C\C)Nc1ccc(-c2ccc3c4c(cccc24)-c2c-3c(-c3ccccc3)c3ccccc3c2-c2ccccc2)cc1. The third-order valence-electron chi connectivity index (χ3n) is 9.73. The summed E-state index contributed by atoms with van der Waals surface area (Å²) in [7, 11) is 0. The highest BCUT2D eigenvalue weighted by Crippen LogP contribution is 2.58. The number of fused-ring (bicyclic) bond motifs is 4. The molecule has 0 radical (unpaired) electrons. The first-order valence-corrected chi connectivity index (χ1v) is 17.2. The van der Waals surface area contributed by atoms with E-state index >= 15 is 0 Å². The number of hydrogen-bond donors (Lipinski definition) is 2. The van der Waals surface area contributed by atoms with Gasteiger partial charge in [-0.3, -0.25) is 0 Å². The first-order chi connectivity index (χ1) is 24.6. The largest absolute Gasteiger partial charge is 0.397 e. The van der Waals surface area contributed by atoms with Crippen molar-refractivity contribution in [3.05, 3.63) is 187 Å². The van der Waals surface area contributed by atoms with Crippen LogP contribution in [0.3, 0.4) is 0 Å². The molecule has 8 rings (SSSR count). The fourth-order valence-corrected chi connectivity index (χ4v) is 7.58. The molecule has 0 unspecified atom stereocenters. The molecule has 240 valence electrons. The Hall–Kier alpha value is -6.38. The van der Waals surface area contributed by atoms with Gasteiger partial charge in [0.1, 0.15) is 0 Å². The molecule has 7 aromatic rings. The number of hydrogen-bond acceptors (Lipinski definition) is 2. The Labute approximate surface area is 294 Å². The van der Waals surface area contributed by atoms with Gasteiger partial charge in [0.2, 0.25) is 0 Å². The Morgan fingerprint density at radius 1 is 0.500 bits per heavy atom. The highest BCUT2D eigenvalue weighted by Gasteiger charge is 2.31. The molecular weight excluding hydrogens is 605 g/mol. The highest BCUT2D eigenvalue weighted by molar-refractivity contribution is 6.28. The monoisotopic (exact) mass is 642 g/mol. The normalized spacial score (nSPS) is 12.5. The second-order valence-electron chi connectivity index (χ2n) is 12.7. The van der Waals surface area contributed by atoms with Crippen LogP contribution in [0.4, 0.5) is 5.69 Å². The van der Waals surface area contributed by atoms with Gasteiger partial charge in [-0.2, -0.15) is 0 Å². The molecule has 0 bridgehead atoms. The summed E-state index contributed by atoms with van der Waals surface area (Å²) in [5.74, 6) is 0. The van der Waals surface area contributed by atoms with E-state index in [1.165, 1.54) is 71.6 Å². The molecule has 2 heteroatoms. The van der Waals surface area contributed by atoms with Crippen LogP contribution in [0.2, 0.25) is 0 Å². The van der Waals surface area contributed by atoms with Gasteiger partial charge >= 0.3 is 0 Å². The van der Waals surface area contributed by atoms with E-state index in [1.807, 2.05) is 38.2 Å². The summed E-state index contributed by atoms with van der Waals surface area (Å²) in [5.41, 5.74) is 22.3. The summed E-state index contributed by atoms with van der Waals surface area (Å²) in [6.45, 7) is 8.07. The number of nitrogens with one attached hydrogen (secondary N) is 1. The number of benzene rings is 7. The van der Waals surface area contributed by atoms with Crippen molar-refractivity contribution in [1.29, 1.82) is 0 Å². The Morgan fingerprint density at radius 3 is 1.60 bits per heavy atom. The Bertz CT molecular complexity index is 2420. The van der Waals surface area contributed by atoms with Gasteiger partial charge in [-0.25, -0.2) is 0 Å². The second kappa shape index (κ2) is 12.9. The van der Waals surface area contributed by atoms with Crippen LogP contribution in [-0.4, -0.2) is 0 Å². The number of anilines is 1. The summed E-state index contributed by atoms with van der Waals surface area (Å²) in [6, 6.07) is 50.7. The molecule has 7 aromatic carbocycles.